The fourth-order valence-corrected chi connectivity index (χ4v) is 3.34. The first-order valence-electron chi connectivity index (χ1n) is 7.17. The van der Waals surface area contributed by atoms with Crippen LogP contribution in [0.3, 0.4) is 0 Å². The van der Waals surface area contributed by atoms with Crippen LogP contribution in [0.2, 0.25) is 0 Å². The molecule has 23 heavy (non-hydrogen) atoms. The minimum Gasteiger partial charge on any atom is -0.328 e. The molecule has 3 heterocycles. The number of thiophene rings is 1. The van der Waals surface area contributed by atoms with Gasteiger partial charge in [0.05, 0.1) is 11.0 Å². The lowest BCUT2D eigenvalue weighted by atomic mass is 10.2. The van der Waals surface area contributed by atoms with Crippen molar-refractivity contribution in [1.82, 2.24) is 19.9 Å². The van der Waals surface area contributed by atoms with Gasteiger partial charge in [0.15, 0.2) is 11.5 Å². The van der Waals surface area contributed by atoms with Gasteiger partial charge in [-0.2, -0.15) is 11.8 Å². The third-order valence-electron chi connectivity index (χ3n) is 3.33. The van der Waals surface area contributed by atoms with Gasteiger partial charge >= 0.3 is 6.03 Å². The monoisotopic (exact) mass is 347 g/mol. The van der Waals surface area contributed by atoms with Crippen molar-refractivity contribution in [3.63, 3.8) is 0 Å². The van der Waals surface area contributed by atoms with E-state index in [0.29, 0.717) is 0 Å². The van der Waals surface area contributed by atoms with Gasteiger partial charge in [0.2, 0.25) is 0 Å². The average Bonchev–Trinajstić information content (AvgIpc) is 3.20. The highest BCUT2D eigenvalue weighted by Crippen LogP contribution is 2.19. The number of nitrogens with zero attached hydrogens (tertiary/aromatic N) is 3. The first-order chi connectivity index (χ1) is 11.3. The summed E-state index contributed by atoms with van der Waals surface area (Å²) in [5, 5.41) is 17.0. The minimum absolute atomic E-state index is 0.195. The van der Waals surface area contributed by atoms with E-state index < -0.39 is 0 Å². The number of carbonyl (C=O) groups excluding carboxylic acids is 1. The number of nitrogens with one attached hydrogen (secondary N) is 2. The highest BCUT2D eigenvalue weighted by atomic mass is 32.2. The van der Waals surface area contributed by atoms with Crippen molar-refractivity contribution < 1.29 is 4.79 Å². The number of thioether (sulfide) groups is 1. The van der Waals surface area contributed by atoms with Gasteiger partial charge < -0.3 is 5.32 Å². The van der Waals surface area contributed by atoms with Crippen molar-refractivity contribution in [1.29, 1.82) is 0 Å². The first-order valence-corrected chi connectivity index (χ1v) is 9.45. The van der Waals surface area contributed by atoms with E-state index in [2.05, 4.69) is 20.8 Å². The lowest BCUT2D eigenvalue weighted by Crippen LogP contribution is -2.33. The predicted octanol–water partition coefficient (Wildman–Crippen LogP) is 3.41. The molecule has 3 aromatic heterocycles. The summed E-state index contributed by atoms with van der Waals surface area (Å²) in [6.07, 6.45) is 4.75. The van der Waals surface area contributed by atoms with Gasteiger partial charge in [-0.25, -0.2) is 4.79 Å². The zero-order valence-corrected chi connectivity index (χ0v) is 14.2. The van der Waals surface area contributed by atoms with Crippen molar-refractivity contribution in [3.05, 3.63) is 47.7 Å². The Bertz CT molecular complexity index is 771. The molecule has 6 nitrogen and oxygen atoms in total. The predicted molar refractivity (Wildman–Crippen MR) is 95.2 cm³/mol. The molecule has 0 unspecified atom stereocenters. The number of amides is 2. The van der Waals surface area contributed by atoms with Crippen LogP contribution in [0.1, 0.15) is 18.3 Å². The maximum Gasteiger partial charge on any atom is 0.320 e. The molecule has 8 heteroatoms. The summed E-state index contributed by atoms with van der Waals surface area (Å²) in [4.78, 5) is 12.2. The molecule has 0 aromatic carbocycles. The van der Waals surface area contributed by atoms with Crippen molar-refractivity contribution in [2.24, 2.45) is 0 Å². The Labute approximate surface area is 142 Å². The second-order valence-corrected chi connectivity index (χ2v) is 6.83. The maximum absolute atomic E-state index is 12.2. The smallest absolute Gasteiger partial charge is 0.320 e. The molecule has 0 radical (unpaired) electrons. The molecule has 0 saturated heterocycles. The molecule has 0 aliphatic heterocycles. The van der Waals surface area contributed by atoms with Crippen molar-refractivity contribution in [2.45, 2.75) is 12.5 Å². The normalized spacial score (nSPS) is 12.2. The highest BCUT2D eigenvalue weighted by molar-refractivity contribution is 7.98. The van der Waals surface area contributed by atoms with E-state index in [9.17, 15) is 4.79 Å². The number of rotatable bonds is 6. The summed E-state index contributed by atoms with van der Waals surface area (Å²) in [6.45, 7) is 0. The van der Waals surface area contributed by atoms with Gasteiger partial charge in [0, 0.05) is 6.20 Å². The number of anilines is 1. The Morgan fingerprint density at radius 3 is 3.04 bits per heavy atom. The molecule has 2 N–H and O–H groups in total. The molecule has 3 rings (SSSR count). The number of carbonyl (C=O) groups is 1. The SMILES string of the molecule is CSCC[C@@H](NC(=O)Nc1cccs1)c1nnc2ccccn12. The third kappa shape index (κ3) is 3.83. The molecule has 0 saturated carbocycles. The zero-order chi connectivity index (χ0) is 16.1. The van der Waals surface area contributed by atoms with Crippen LogP contribution in [0.5, 0.6) is 0 Å². The summed E-state index contributed by atoms with van der Waals surface area (Å²) >= 11 is 3.22. The molecule has 1 atom stereocenters. The van der Waals surface area contributed by atoms with E-state index in [4.69, 9.17) is 0 Å². The van der Waals surface area contributed by atoms with Gasteiger partial charge in [-0.3, -0.25) is 9.72 Å². The number of urea groups is 1. The Hall–Kier alpha value is -2.06. The van der Waals surface area contributed by atoms with Crippen LogP contribution in [-0.4, -0.2) is 32.6 Å². The number of hydrogen-bond donors (Lipinski definition) is 2. The van der Waals surface area contributed by atoms with Crippen LogP contribution in [0, 0.1) is 0 Å². The fourth-order valence-electron chi connectivity index (χ4n) is 2.25. The number of fused-ring (bicyclic) bond motifs is 1. The second kappa shape index (κ2) is 7.47. The highest BCUT2D eigenvalue weighted by Gasteiger charge is 2.20. The lowest BCUT2D eigenvalue weighted by Gasteiger charge is -2.17. The summed E-state index contributed by atoms with van der Waals surface area (Å²) < 4.78 is 1.91. The molecule has 0 aliphatic rings. The van der Waals surface area contributed by atoms with Crippen molar-refractivity contribution in [2.75, 3.05) is 17.3 Å². The Kier molecular flexibility index (Phi) is 5.14. The minimum atomic E-state index is -0.230. The number of pyridine rings is 1. The van der Waals surface area contributed by atoms with Gasteiger partial charge in [0.25, 0.3) is 0 Å². The molecular formula is C15H17N5OS2. The maximum atomic E-state index is 12.2. The zero-order valence-electron chi connectivity index (χ0n) is 12.6. The lowest BCUT2D eigenvalue weighted by molar-refractivity contribution is 0.247. The standard InChI is InChI=1S/C15H17N5OS2/c1-22-10-7-11(16-15(21)17-13-6-4-9-23-13)14-19-18-12-5-2-3-8-20(12)14/h2-6,8-9,11H,7,10H2,1H3,(H2,16,17,21)/t11-/m1/s1. The summed E-state index contributed by atoms with van der Waals surface area (Å²) in [6, 6.07) is 9.09. The van der Waals surface area contributed by atoms with Crippen LogP contribution in [-0.2, 0) is 0 Å². The van der Waals surface area contributed by atoms with Crippen LogP contribution >= 0.6 is 23.1 Å². The van der Waals surface area contributed by atoms with Gasteiger partial charge in [0.1, 0.15) is 0 Å². The summed E-state index contributed by atoms with van der Waals surface area (Å²) in [5.74, 6) is 1.67. The van der Waals surface area contributed by atoms with Crippen LogP contribution < -0.4 is 10.6 Å². The quantitative estimate of drug-likeness (QED) is 0.717. The van der Waals surface area contributed by atoms with E-state index in [1.807, 2.05) is 52.6 Å². The van der Waals surface area contributed by atoms with Crippen LogP contribution in [0.4, 0.5) is 9.80 Å². The van der Waals surface area contributed by atoms with E-state index >= 15 is 0 Å². The first kappa shape index (κ1) is 15.8. The summed E-state index contributed by atoms with van der Waals surface area (Å²) in [7, 11) is 0. The summed E-state index contributed by atoms with van der Waals surface area (Å²) in [5.41, 5.74) is 0.775. The third-order valence-corrected chi connectivity index (χ3v) is 4.75. The van der Waals surface area contributed by atoms with Crippen LogP contribution in [0.25, 0.3) is 5.65 Å². The van der Waals surface area contributed by atoms with E-state index in [-0.39, 0.29) is 12.1 Å². The van der Waals surface area contributed by atoms with E-state index in [0.717, 1.165) is 28.6 Å². The molecule has 0 spiro atoms. The Morgan fingerprint density at radius 2 is 2.26 bits per heavy atom. The van der Waals surface area contributed by atoms with Crippen LogP contribution in [0.15, 0.2) is 41.9 Å². The number of aromatic nitrogens is 3. The van der Waals surface area contributed by atoms with E-state index in [1.54, 1.807) is 11.8 Å². The largest absolute Gasteiger partial charge is 0.328 e. The topological polar surface area (TPSA) is 71.3 Å². The van der Waals surface area contributed by atoms with E-state index in [1.165, 1.54) is 11.3 Å². The van der Waals surface area contributed by atoms with Crippen molar-refractivity contribution in [3.8, 4) is 0 Å². The molecule has 0 bridgehead atoms. The molecule has 2 amide bonds. The van der Waals surface area contributed by atoms with Gasteiger partial charge in [-0.15, -0.1) is 21.5 Å². The number of hydrogen-bond acceptors (Lipinski definition) is 5. The fraction of sp³-hybridized carbons (Fsp3) is 0.267. The Balaban J connectivity index is 1.78. The average molecular weight is 347 g/mol. The molecule has 0 fully saturated rings. The molecule has 3 aromatic rings. The molecular weight excluding hydrogens is 330 g/mol. The Morgan fingerprint density at radius 1 is 1.35 bits per heavy atom. The van der Waals surface area contributed by atoms with Gasteiger partial charge in [-0.05, 0) is 48.1 Å². The molecule has 0 aliphatic carbocycles. The molecule has 120 valence electrons. The van der Waals surface area contributed by atoms with Gasteiger partial charge in [-0.1, -0.05) is 6.07 Å². The second-order valence-electron chi connectivity index (χ2n) is 4.90. The van der Waals surface area contributed by atoms with Crippen molar-refractivity contribution >= 4 is 39.8 Å².